The zero-order valence-electron chi connectivity index (χ0n) is 22.9. The third-order valence-electron chi connectivity index (χ3n) is 7.95. The van der Waals surface area contributed by atoms with Crippen molar-refractivity contribution in [1.82, 2.24) is 4.90 Å². The van der Waals surface area contributed by atoms with E-state index in [1.54, 1.807) is 26.8 Å². The molecular weight excluding hydrogens is 478 g/mol. The zero-order chi connectivity index (χ0) is 28.3. The molecule has 206 valence electrons. The molecule has 2 amide bonds. The van der Waals surface area contributed by atoms with Crippen LogP contribution in [0.25, 0.3) is 0 Å². The highest BCUT2D eigenvalue weighted by molar-refractivity contribution is 6.05. The fourth-order valence-corrected chi connectivity index (χ4v) is 5.61. The number of rotatable bonds is 12. The van der Waals surface area contributed by atoms with Crippen molar-refractivity contribution in [2.45, 2.75) is 67.7 Å². The van der Waals surface area contributed by atoms with Gasteiger partial charge in [0.1, 0.15) is 0 Å². The smallest absolute Gasteiger partial charge is 0.309 e. The van der Waals surface area contributed by atoms with E-state index in [1.807, 2.05) is 20.8 Å². The van der Waals surface area contributed by atoms with Gasteiger partial charge in [-0.1, -0.05) is 54.0 Å². The van der Waals surface area contributed by atoms with Crippen molar-refractivity contribution in [2.75, 3.05) is 13.2 Å². The number of aromatic hydroxyl groups is 2. The molecular formula is C28H41NO8. The largest absolute Gasteiger partial charge is 0.504 e. The van der Waals surface area contributed by atoms with Crippen molar-refractivity contribution in [3.05, 3.63) is 23.8 Å². The van der Waals surface area contributed by atoms with Crippen LogP contribution >= 0.6 is 0 Å². The van der Waals surface area contributed by atoms with Crippen LogP contribution in [0, 0.1) is 34.5 Å². The van der Waals surface area contributed by atoms with Crippen LogP contribution in [0.3, 0.4) is 0 Å². The fourth-order valence-electron chi connectivity index (χ4n) is 5.61. The number of phenols is 2. The Kier molecular flexibility index (Phi) is 9.38. The maximum Gasteiger partial charge on any atom is 0.309 e. The van der Waals surface area contributed by atoms with E-state index in [9.17, 15) is 34.5 Å². The van der Waals surface area contributed by atoms with Crippen LogP contribution in [0.2, 0.25) is 0 Å². The second-order valence-electron chi connectivity index (χ2n) is 11.4. The molecule has 4 unspecified atom stereocenters. The normalized spacial score (nSPS) is 20.1. The second-order valence-corrected chi connectivity index (χ2v) is 11.4. The van der Waals surface area contributed by atoms with E-state index < -0.39 is 46.4 Å². The van der Waals surface area contributed by atoms with Gasteiger partial charge in [-0.2, -0.15) is 0 Å². The van der Waals surface area contributed by atoms with Crippen molar-refractivity contribution < 1.29 is 39.2 Å². The Hall–Kier alpha value is -3.10. The lowest BCUT2D eigenvalue weighted by atomic mass is 9.63. The average Bonchev–Trinajstić information content (AvgIpc) is 3.03. The quantitative estimate of drug-likeness (QED) is 0.214. The Labute approximate surface area is 218 Å². The zero-order valence-corrected chi connectivity index (χ0v) is 22.9. The van der Waals surface area contributed by atoms with Crippen molar-refractivity contribution in [1.29, 1.82) is 0 Å². The maximum absolute atomic E-state index is 13.7. The van der Waals surface area contributed by atoms with Crippen LogP contribution in [0.15, 0.2) is 18.2 Å². The monoisotopic (exact) mass is 519 g/mol. The number of carboxylic acid groups (broad SMARTS) is 1. The summed E-state index contributed by atoms with van der Waals surface area (Å²) in [5.41, 5.74) is -0.871. The van der Waals surface area contributed by atoms with Gasteiger partial charge in [-0.05, 0) is 48.3 Å². The number of carbonyl (C=O) groups excluding carboxylic acids is 3. The molecule has 1 saturated heterocycles. The molecule has 4 atom stereocenters. The molecule has 0 radical (unpaired) electrons. The summed E-state index contributed by atoms with van der Waals surface area (Å²) in [5.74, 6) is -6.41. The first-order valence-corrected chi connectivity index (χ1v) is 12.8. The number of aliphatic carboxylic acids is 1. The number of benzene rings is 1. The minimum Gasteiger partial charge on any atom is -0.504 e. The summed E-state index contributed by atoms with van der Waals surface area (Å²) in [4.78, 5) is 53.3. The first-order valence-electron chi connectivity index (χ1n) is 12.8. The molecule has 9 heteroatoms. The van der Waals surface area contributed by atoms with Gasteiger partial charge in [0.05, 0.1) is 30.3 Å². The lowest BCUT2D eigenvalue weighted by Crippen LogP contribution is -2.43. The average molecular weight is 520 g/mol. The van der Waals surface area contributed by atoms with Gasteiger partial charge >= 0.3 is 11.9 Å². The molecule has 9 nitrogen and oxygen atoms in total. The van der Waals surface area contributed by atoms with Gasteiger partial charge in [-0.3, -0.25) is 24.1 Å². The summed E-state index contributed by atoms with van der Waals surface area (Å²) in [6.45, 7) is 12.6. The number of amides is 2. The van der Waals surface area contributed by atoms with Crippen molar-refractivity contribution in [2.24, 2.45) is 34.5 Å². The molecule has 1 fully saturated rings. The summed E-state index contributed by atoms with van der Waals surface area (Å²) in [5, 5.41) is 29.4. The molecule has 3 N–H and O–H groups in total. The molecule has 0 aromatic heterocycles. The molecule has 0 spiro atoms. The molecule has 1 heterocycles. The number of likely N-dealkylation sites (tertiary alicyclic amines) is 1. The number of carboxylic acids is 1. The molecule has 0 saturated carbocycles. The first-order chi connectivity index (χ1) is 17.1. The second kappa shape index (κ2) is 11.5. The summed E-state index contributed by atoms with van der Waals surface area (Å²) in [6.07, 6.45) is 1.04. The van der Waals surface area contributed by atoms with Crippen LogP contribution in [0.5, 0.6) is 11.5 Å². The third kappa shape index (κ3) is 6.43. The van der Waals surface area contributed by atoms with E-state index in [1.165, 1.54) is 24.0 Å². The van der Waals surface area contributed by atoms with E-state index in [4.69, 9.17) is 4.74 Å². The van der Waals surface area contributed by atoms with Crippen molar-refractivity contribution in [3.8, 4) is 11.5 Å². The van der Waals surface area contributed by atoms with Gasteiger partial charge in [-0.25, -0.2) is 0 Å². The number of esters is 1. The highest BCUT2D eigenvalue weighted by atomic mass is 16.5. The van der Waals surface area contributed by atoms with E-state index in [-0.39, 0.29) is 42.9 Å². The molecule has 2 rings (SSSR count). The van der Waals surface area contributed by atoms with E-state index in [0.29, 0.717) is 18.4 Å². The SMILES string of the molecule is CCOC(=O)C(C)C(C(=O)O)C(C)(C)CC1C(=O)N(CCc2ccc(O)c(O)c2)C(=O)C1C(C)(C)CC. The van der Waals surface area contributed by atoms with Gasteiger partial charge in [0, 0.05) is 6.54 Å². The first kappa shape index (κ1) is 30.1. The number of hydrogen-bond acceptors (Lipinski definition) is 7. The van der Waals surface area contributed by atoms with Crippen molar-refractivity contribution >= 4 is 23.8 Å². The van der Waals surface area contributed by atoms with Gasteiger partial charge < -0.3 is 20.1 Å². The number of nitrogens with zero attached hydrogens (tertiary/aromatic N) is 1. The van der Waals surface area contributed by atoms with Crippen LogP contribution < -0.4 is 0 Å². The summed E-state index contributed by atoms with van der Waals surface area (Å²) < 4.78 is 5.07. The molecule has 1 aliphatic heterocycles. The minimum atomic E-state index is -1.15. The highest BCUT2D eigenvalue weighted by Crippen LogP contribution is 2.49. The van der Waals surface area contributed by atoms with Crippen LogP contribution in [-0.2, 0) is 30.3 Å². The van der Waals surface area contributed by atoms with Gasteiger partial charge in [-0.15, -0.1) is 0 Å². The number of imide groups is 1. The van der Waals surface area contributed by atoms with E-state index in [2.05, 4.69) is 0 Å². The topological polar surface area (TPSA) is 141 Å². The molecule has 0 aliphatic carbocycles. The summed E-state index contributed by atoms with van der Waals surface area (Å²) in [6, 6.07) is 4.36. The Morgan fingerprint density at radius 2 is 1.68 bits per heavy atom. The predicted molar refractivity (Wildman–Crippen MR) is 137 cm³/mol. The molecule has 1 aliphatic rings. The Morgan fingerprint density at radius 3 is 2.19 bits per heavy atom. The van der Waals surface area contributed by atoms with E-state index in [0.717, 1.165) is 0 Å². The number of ether oxygens (including phenoxy) is 1. The number of carbonyl (C=O) groups is 4. The lowest BCUT2D eigenvalue weighted by molar-refractivity contribution is -0.162. The Balaban J connectivity index is 2.38. The van der Waals surface area contributed by atoms with Crippen molar-refractivity contribution in [3.63, 3.8) is 0 Å². The van der Waals surface area contributed by atoms with E-state index >= 15 is 0 Å². The van der Waals surface area contributed by atoms with Crippen LogP contribution in [-0.4, -0.2) is 57.1 Å². The molecule has 1 aromatic carbocycles. The summed E-state index contributed by atoms with van der Waals surface area (Å²) in [7, 11) is 0. The molecule has 0 bridgehead atoms. The Bertz CT molecular complexity index is 1030. The fraction of sp³-hybridized carbons (Fsp3) is 0.643. The standard InChI is InChI=1S/C28H41NO8/c1-8-27(4,5)22-18(15-28(6,7)21(25(34)35)16(3)26(36)37-9-2)23(32)29(24(22)33)13-12-17-10-11-19(30)20(31)14-17/h10-11,14,16,18,21-22,30-31H,8-9,12-13,15H2,1-7H3,(H,34,35). The lowest BCUT2D eigenvalue weighted by Gasteiger charge is -2.39. The highest BCUT2D eigenvalue weighted by Gasteiger charge is 2.56. The molecule has 37 heavy (non-hydrogen) atoms. The maximum atomic E-state index is 13.7. The third-order valence-corrected chi connectivity index (χ3v) is 7.95. The number of hydrogen-bond donors (Lipinski definition) is 3. The van der Waals surface area contributed by atoms with Crippen LogP contribution in [0.4, 0.5) is 0 Å². The van der Waals surface area contributed by atoms with Gasteiger partial charge in [0.15, 0.2) is 11.5 Å². The number of phenolic OH excluding ortho intramolecular Hbond substituents is 2. The summed E-state index contributed by atoms with van der Waals surface area (Å²) >= 11 is 0. The predicted octanol–water partition coefficient (Wildman–Crippen LogP) is 3.99. The minimum absolute atomic E-state index is 0.0939. The van der Waals surface area contributed by atoms with Gasteiger partial charge in [0.25, 0.3) is 0 Å². The Morgan fingerprint density at radius 1 is 1.05 bits per heavy atom. The molecule has 1 aromatic rings. The van der Waals surface area contributed by atoms with Crippen LogP contribution in [0.1, 0.15) is 66.9 Å². The van der Waals surface area contributed by atoms with Gasteiger partial charge in [0.2, 0.25) is 11.8 Å².